The van der Waals surface area contributed by atoms with Crippen LogP contribution in [0.4, 0.5) is 0 Å². The average molecular weight is 384 g/mol. The van der Waals surface area contributed by atoms with Crippen LogP contribution in [-0.2, 0) is 0 Å². The molecule has 0 spiro atoms. The number of aromatic amines is 1. The van der Waals surface area contributed by atoms with Gasteiger partial charge in [0.1, 0.15) is 23.8 Å². The molecule has 0 bridgehead atoms. The summed E-state index contributed by atoms with van der Waals surface area (Å²) in [5.74, 6) is 2.16. The van der Waals surface area contributed by atoms with E-state index in [1.54, 1.807) is 33.5 Å². The minimum absolute atomic E-state index is 0.243. The zero-order valence-electron chi connectivity index (χ0n) is 16.4. The zero-order valence-corrected chi connectivity index (χ0v) is 16.4. The van der Waals surface area contributed by atoms with E-state index in [0.29, 0.717) is 41.6 Å². The number of hydrogen-bond acceptors (Lipinski definition) is 5. The third kappa shape index (κ3) is 3.98. The van der Waals surface area contributed by atoms with Gasteiger partial charge in [0.05, 0.1) is 33.4 Å². The zero-order chi connectivity index (χ0) is 20.1. The third-order valence-corrected chi connectivity index (χ3v) is 4.33. The summed E-state index contributed by atoms with van der Waals surface area (Å²) in [7, 11) is 4.66. The van der Waals surface area contributed by atoms with Crippen molar-refractivity contribution in [3.63, 3.8) is 0 Å². The maximum Gasteiger partial charge on any atom is 0.267 e. The van der Waals surface area contributed by atoms with E-state index in [-0.39, 0.29) is 5.91 Å². The van der Waals surface area contributed by atoms with E-state index in [1.807, 2.05) is 31.2 Å². The fourth-order valence-electron chi connectivity index (χ4n) is 2.99. The number of ether oxygens (including phenoxy) is 4. The minimum Gasteiger partial charge on any atom is -0.496 e. The van der Waals surface area contributed by atoms with Crippen LogP contribution < -0.4 is 24.3 Å². The molecule has 0 saturated carbocycles. The van der Waals surface area contributed by atoms with E-state index in [0.717, 1.165) is 16.7 Å². The lowest BCUT2D eigenvalue weighted by Crippen LogP contribution is -2.28. The van der Waals surface area contributed by atoms with Gasteiger partial charge in [-0.15, -0.1) is 0 Å². The van der Waals surface area contributed by atoms with Crippen molar-refractivity contribution < 1.29 is 23.7 Å². The molecule has 2 N–H and O–H groups in total. The Bertz CT molecular complexity index is 980. The van der Waals surface area contributed by atoms with Crippen LogP contribution in [0.25, 0.3) is 10.9 Å². The molecular weight excluding hydrogens is 360 g/mol. The maximum absolute atomic E-state index is 12.5. The number of nitrogens with one attached hydrogen (secondary N) is 2. The number of aromatic nitrogens is 1. The molecule has 0 fully saturated rings. The van der Waals surface area contributed by atoms with Gasteiger partial charge >= 0.3 is 0 Å². The Morgan fingerprint density at radius 2 is 1.82 bits per heavy atom. The Labute approximate surface area is 163 Å². The van der Waals surface area contributed by atoms with Crippen molar-refractivity contribution >= 4 is 16.8 Å². The number of rotatable bonds is 8. The molecule has 0 radical (unpaired) electrons. The van der Waals surface area contributed by atoms with Crippen LogP contribution in [-0.4, -0.2) is 45.4 Å². The van der Waals surface area contributed by atoms with E-state index < -0.39 is 0 Å². The SMILES string of the molecule is COc1cc(OC)c2cc(C(=O)NCCOc3cccc(C)c3)[nH]c2c1OC. The monoisotopic (exact) mass is 384 g/mol. The molecule has 148 valence electrons. The number of amides is 1. The summed E-state index contributed by atoms with van der Waals surface area (Å²) in [4.78, 5) is 15.6. The van der Waals surface area contributed by atoms with Gasteiger partial charge in [0.2, 0.25) is 0 Å². The Balaban J connectivity index is 1.71. The highest BCUT2D eigenvalue weighted by Crippen LogP contribution is 2.41. The smallest absolute Gasteiger partial charge is 0.267 e. The van der Waals surface area contributed by atoms with Gasteiger partial charge in [0.25, 0.3) is 5.91 Å². The lowest BCUT2D eigenvalue weighted by atomic mass is 10.2. The molecule has 1 aromatic heterocycles. The lowest BCUT2D eigenvalue weighted by Gasteiger charge is -2.11. The summed E-state index contributed by atoms with van der Waals surface area (Å²) in [5, 5.41) is 3.58. The van der Waals surface area contributed by atoms with Crippen LogP contribution in [0.5, 0.6) is 23.0 Å². The molecule has 0 atom stereocenters. The van der Waals surface area contributed by atoms with Gasteiger partial charge in [-0.05, 0) is 30.7 Å². The van der Waals surface area contributed by atoms with E-state index >= 15 is 0 Å². The second-order valence-corrected chi connectivity index (χ2v) is 6.21. The van der Waals surface area contributed by atoms with E-state index in [9.17, 15) is 4.79 Å². The van der Waals surface area contributed by atoms with Gasteiger partial charge in [-0.25, -0.2) is 0 Å². The molecule has 1 amide bonds. The van der Waals surface area contributed by atoms with Crippen LogP contribution in [0.3, 0.4) is 0 Å². The Kier molecular flexibility index (Phi) is 5.93. The van der Waals surface area contributed by atoms with Crippen LogP contribution >= 0.6 is 0 Å². The molecule has 28 heavy (non-hydrogen) atoms. The molecule has 0 aliphatic rings. The van der Waals surface area contributed by atoms with Crippen LogP contribution in [0, 0.1) is 6.92 Å². The number of methoxy groups -OCH3 is 3. The van der Waals surface area contributed by atoms with Crippen molar-refractivity contribution in [2.24, 2.45) is 0 Å². The van der Waals surface area contributed by atoms with Crippen LogP contribution in [0.2, 0.25) is 0 Å². The summed E-state index contributed by atoms with van der Waals surface area (Å²) in [6.45, 7) is 2.75. The normalized spacial score (nSPS) is 10.6. The molecular formula is C21H24N2O5. The lowest BCUT2D eigenvalue weighted by molar-refractivity contribution is 0.0943. The number of benzene rings is 2. The molecule has 7 heteroatoms. The fraction of sp³-hybridized carbons (Fsp3) is 0.286. The Morgan fingerprint density at radius 1 is 1.04 bits per heavy atom. The van der Waals surface area contributed by atoms with E-state index in [2.05, 4.69) is 10.3 Å². The highest BCUT2D eigenvalue weighted by Gasteiger charge is 2.19. The Morgan fingerprint density at radius 3 is 2.50 bits per heavy atom. The molecule has 0 saturated heterocycles. The first-order chi connectivity index (χ1) is 13.6. The third-order valence-electron chi connectivity index (χ3n) is 4.33. The molecule has 3 rings (SSSR count). The fourth-order valence-corrected chi connectivity index (χ4v) is 2.99. The van der Waals surface area contributed by atoms with Crippen molar-refractivity contribution in [1.29, 1.82) is 0 Å². The predicted octanol–water partition coefficient (Wildman–Crippen LogP) is 3.31. The van der Waals surface area contributed by atoms with Gasteiger partial charge in [-0.3, -0.25) is 4.79 Å². The quantitative estimate of drug-likeness (QED) is 0.583. The first-order valence-corrected chi connectivity index (χ1v) is 8.86. The second-order valence-electron chi connectivity index (χ2n) is 6.21. The standard InChI is InChI=1S/C21H24N2O5/c1-13-6-5-7-14(10-13)28-9-8-22-21(24)16-11-15-17(25-2)12-18(26-3)20(27-4)19(15)23-16/h5-7,10-12,23H,8-9H2,1-4H3,(H,22,24). The second kappa shape index (κ2) is 8.56. The summed E-state index contributed by atoms with van der Waals surface area (Å²) >= 11 is 0. The number of carbonyl (C=O) groups is 1. The molecule has 2 aromatic carbocycles. The molecule has 0 unspecified atom stereocenters. The van der Waals surface area contributed by atoms with Crippen LogP contribution in [0.15, 0.2) is 36.4 Å². The summed E-state index contributed by atoms with van der Waals surface area (Å²) in [6.07, 6.45) is 0. The summed E-state index contributed by atoms with van der Waals surface area (Å²) in [6, 6.07) is 11.2. The number of aryl methyl sites for hydroxylation is 1. The topological polar surface area (TPSA) is 81.8 Å². The molecule has 1 heterocycles. The highest BCUT2D eigenvalue weighted by atomic mass is 16.5. The minimum atomic E-state index is -0.243. The summed E-state index contributed by atoms with van der Waals surface area (Å²) in [5.41, 5.74) is 2.16. The van der Waals surface area contributed by atoms with Gasteiger partial charge in [0, 0.05) is 11.5 Å². The highest BCUT2D eigenvalue weighted by molar-refractivity contribution is 6.02. The van der Waals surface area contributed by atoms with E-state index in [4.69, 9.17) is 18.9 Å². The number of H-pyrrole nitrogens is 1. The van der Waals surface area contributed by atoms with Crippen LogP contribution in [0.1, 0.15) is 16.1 Å². The van der Waals surface area contributed by atoms with Crippen molar-refractivity contribution in [2.75, 3.05) is 34.5 Å². The van der Waals surface area contributed by atoms with Gasteiger partial charge < -0.3 is 29.2 Å². The first-order valence-electron chi connectivity index (χ1n) is 8.86. The van der Waals surface area contributed by atoms with Gasteiger partial charge in [0.15, 0.2) is 11.5 Å². The predicted molar refractivity (Wildman–Crippen MR) is 107 cm³/mol. The van der Waals surface area contributed by atoms with E-state index in [1.165, 1.54) is 0 Å². The molecule has 7 nitrogen and oxygen atoms in total. The number of hydrogen-bond donors (Lipinski definition) is 2. The van der Waals surface area contributed by atoms with Gasteiger partial charge in [-0.1, -0.05) is 12.1 Å². The van der Waals surface area contributed by atoms with Crippen molar-refractivity contribution in [2.45, 2.75) is 6.92 Å². The van der Waals surface area contributed by atoms with Crippen molar-refractivity contribution in [1.82, 2.24) is 10.3 Å². The number of fused-ring (bicyclic) bond motifs is 1. The molecule has 3 aromatic rings. The van der Waals surface area contributed by atoms with Gasteiger partial charge in [-0.2, -0.15) is 0 Å². The summed E-state index contributed by atoms with van der Waals surface area (Å²) < 4.78 is 21.8. The molecule has 0 aliphatic heterocycles. The number of carbonyl (C=O) groups excluding carboxylic acids is 1. The average Bonchev–Trinajstić information content (AvgIpc) is 3.15. The maximum atomic E-state index is 12.5. The first kappa shape index (κ1) is 19.4. The largest absolute Gasteiger partial charge is 0.496 e. The van der Waals surface area contributed by atoms with Crippen molar-refractivity contribution in [3.8, 4) is 23.0 Å². The Hall–Kier alpha value is -3.35. The van der Waals surface area contributed by atoms with Crippen molar-refractivity contribution in [3.05, 3.63) is 47.7 Å². The molecule has 0 aliphatic carbocycles.